The van der Waals surface area contributed by atoms with Crippen LogP contribution in [0, 0.1) is 24.1 Å². The van der Waals surface area contributed by atoms with Gasteiger partial charge < -0.3 is 9.84 Å². The second-order valence-electron chi connectivity index (χ2n) is 4.97. The van der Waals surface area contributed by atoms with Crippen LogP contribution in [0.5, 0.6) is 5.75 Å². The summed E-state index contributed by atoms with van der Waals surface area (Å²) in [5.41, 5.74) is 2.52. The average Bonchev–Trinajstić information content (AvgIpc) is 2.44. The first-order valence-corrected chi connectivity index (χ1v) is 6.60. The third-order valence-corrected chi connectivity index (χ3v) is 3.10. The average molecular weight is 285 g/mol. The molecule has 0 fully saturated rings. The molecule has 0 heterocycles. The largest absolute Gasteiger partial charge is 0.489 e. The van der Waals surface area contributed by atoms with Gasteiger partial charge in [0.15, 0.2) is 0 Å². The predicted molar refractivity (Wildman–Crippen MR) is 77.3 cm³/mol. The van der Waals surface area contributed by atoms with Gasteiger partial charge in [0, 0.05) is 5.56 Å². The molecule has 0 saturated heterocycles. The number of halogens is 1. The van der Waals surface area contributed by atoms with Crippen molar-refractivity contribution in [3.8, 4) is 11.8 Å². The molecule has 0 unspecified atom stereocenters. The van der Waals surface area contributed by atoms with Crippen LogP contribution in [-0.4, -0.2) is 5.11 Å². The van der Waals surface area contributed by atoms with Crippen molar-refractivity contribution in [2.24, 2.45) is 0 Å². The molecule has 2 aromatic carbocycles. The lowest BCUT2D eigenvalue weighted by molar-refractivity contribution is 0.190. The minimum atomic E-state index is -0.650. The summed E-state index contributed by atoms with van der Waals surface area (Å²) in [6.07, 6.45) is -0.650. The van der Waals surface area contributed by atoms with Crippen LogP contribution in [0.3, 0.4) is 0 Å². The number of nitrogens with zero attached hydrogens (tertiary/aromatic N) is 1. The summed E-state index contributed by atoms with van der Waals surface area (Å²) in [4.78, 5) is 0. The summed E-state index contributed by atoms with van der Waals surface area (Å²) >= 11 is 0. The van der Waals surface area contributed by atoms with E-state index in [9.17, 15) is 9.50 Å². The Morgan fingerprint density at radius 2 is 2.05 bits per heavy atom. The lowest BCUT2D eigenvalue weighted by Gasteiger charge is -2.14. The zero-order chi connectivity index (χ0) is 15.4. The molecule has 0 aliphatic heterocycles. The minimum Gasteiger partial charge on any atom is -0.489 e. The van der Waals surface area contributed by atoms with Crippen molar-refractivity contribution in [2.75, 3.05) is 0 Å². The Hall–Kier alpha value is -2.38. The Labute approximate surface area is 123 Å². The SMILES string of the molecule is Cc1ccc([C@H](C)O)c(OCc2cc(F)cc(C#N)c2)c1. The van der Waals surface area contributed by atoms with E-state index < -0.39 is 11.9 Å². The molecule has 3 nitrogen and oxygen atoms in total. The zero-order valence-corrected chi connectivity index (χ0v) is 11.9. The fraction of sp³-hybridized carbons (Fsp3) is 0.235. The highest BCUT2D eigenvalue weighted by atomic mass is 19.1. The normalized spacial score (nSPS) is 11.8. The highest BCUT2D eigenvalue weighted by Gasteiger charge is 2.10. The predicted octanol–water partition coefficient (Wildman–Crippen LogP) is 3.64. The van der Waals surface area contributed by atoms with Crippen molar-refractivity contribution < 1.29 is 14.2 Å². The van der Waals surface area contributed by atoms with Crippen molar-refractivity contribution in [1.82, 2.24) is 0 Å². The van der Waals surface area contributed by atoms with E-state index >= 15 is 0 Å². The molecule has 0 saturated carbocycles. The second kappa shape index (κ2) is 6.38. The van der Waals surface area contributed by atoms with E-state index in [0.717, 1.165) is 5.56 Å². The molecular formula is C17H16FNO2. The molecule has 1 N–H and O–H groups in total. The van der Waals surface area contributed by atoms with Gasteiger partial charge in [0.25, 0.3) is 0 Å². The molecule has 0 aliphatic rings. The van der Waals surface area contributed by atoms with E-state index in [1.165, 1.54) is 12.1 Å². The number of aryl methyl sites for hydroxylation is 1. The van der Waals surface area contributed by atoms with Gasteiger partial charge in [-0.3, -0.25) is 0 Å². The highest BCUT2D eigenvalue weighted by Crippen LogP contribution is 2.27. The molecule has 0 spiro atoms. The number of aliphatic hydroxyl groups excluding tert-OH is 1. The number of benzene rings is 2. The standard InChI is InChI=1S/C17H16FNO2/c1-11-3-4-16(12(2)20)17(5-11)21-10-14-6-13(9-19)7-15(18)8-14/h3-8,12,20H,10H2,1-2H3/t12-/m0/s1. The van der Waals surface area contributed by atoms with Gasteiger partial charge in [-0.2, -0.15) is 5.26 Å². The van der Waals surface area contributed by atoms with Gasteiger partial charge in [-0.25, -0.2) is 4.39 Å². The van der Waals surface area contributed by atoms with Crippen LogP contribution in [0.25, 0.3) is 0 Å². The van der Waals surface area contributed by atoms with Gasteiger partial charge in [-0.05, 0) is 49.2 Å². The highest BCUT2D eigenvalue weighted by molar-refractivity contribution is 5.39. The lowest BCUT2D eigenvalue weighted by atomic mass is 10.1. The summed E-state index contributed by atoms with van der Waals surface area (Å²) < 4.78 is 19.0. The molecule has 1 atom stereocenters. The molecule has 108 valence electrons. The van der Waals surface area contributed by atoms with E-state index in [1.54, 1.807) is 13.0 Å². The maximum atomic E-state index is 13.4. The Bertz CT molecular complexity index is 690. The van der Waals surface area contributed by atoms with Crippen molar-refractivity contribution in [3.63, 3.8) is 0 Å². The van der Waals surface area contributed by atoms with Crippen molar-refractivity contribution >= 4 is 0 Å². The number of nitriles is 1. The second-order valence-corrected chi connectivity index (χ2v) is 4.97. The fourth-order valence-corrected chi connectivity index (χ4v) is 2.07. The first kappa shape index (κ1) is 15.0. The van der Waals surface area contributed by atoms with E-state index in [4.69, 9.17) is 10.00 Å². The first-order valence-electron chi connectivity index (χ1n) is 6.60. The van der Waals surface area contributed by atoms with Crippen molar-refractivity contribution in [3.05, 3.63) is 64.5 Å². The van der Waals surface area contributed by atoms with Crippen LogP contribution in [-0.2, 0) is 6.61 Å². The van der Waals surface area contributed by atoms with Crippen LogP contribution < -0.4 is 4.74 Å². The van der Waals surface area contributed by atoms with E-state index in [2.05, 4.69) is 0 Å². The van der Waals surface area contributed by atoms with Gasteiger partial charge in [0.2, 0.25) is 0 Å². The Balaban J connectivity index is 2.22. The fourth-order valence-electron chi connectivity index (χ4n) is 2.07. The third-order valence-electron chi connectivity index (χ3n) is 3.10. The van der Waals surface area contributed by atoms with Crippen LogP contribution in [0.4, 0.5) is 4.39 Å². The van der Waals surface area contributed by atoms with E-state index in [1.807, 2.05) is 31.2 Å². The van der Waals surface area contributed by atoms with Crippen LogP contribution in [0.2, 0.25) is 0 Å². The number of aliphatic hydroxyl groups is 1. The lowest BCUT2D eigenvalue weighted by Crippen LogP contribution is -2.02. The number of hydrogen-bond donors (Lipinski definition) is 1. The van der Waals surface area contributed by atoms with Gasteiger partial charge >= 0.3 is 0 Å². The number of rotatable bonds is 4. The number of ether oxygens (including phenoxy) is 1. The van der Waals surface area contributed by atoms with Crippen molar-refractivity contribution in [2.45, 2.75) is 26.6 Å². The molecule has 0 radical (unpaired) electrons. The number of hydrogen-bond acceptors (Lipinski definition) is 3. The molecule has 0 bridgehead atoms. The molecule has 21 heavy (non-hydrogen) atoms. The Morgan fingerprint density at radius 3 is 2.71 bits per heavy atom. The molecular weight excluding hydrogens is 269 g/mol. The monoisotopic (exact) mass is 285 g/mol. The molecule has 0 aliphatic carbocycles. The smallest absolute Gasteiger partial charge is 0.125 e. The summed E-state index contributed by atoms with van der Waals surface area (Å²) in [5, 5.41) is 18.6. The maximum Gasteiger partial charge on any atom is 0.125 e. The molecule has 0 aromatic heterocycles. The summed E-state index contributed by atoms with van der Waals surface area (Å²) in [5.74, 6) is 0.0976. The summed E-state index contributed by atoms with van der Waals surface area (Å²) in [7, 11) is 0. The Morgan fingerprint density at radius 1 is 1.29 bits per heavy atom. The topological polar surface area (TPSA) is 53.2 Å². The maximum absolute atomic E-state index is 13.4. The van der Waals surface area contributed by atoms with E-state index in [0.29, 0.717) is 16.9 Å². The Kier molecular flexibility index (Phi) is 4.56. The van der Waals surface area contributed by atoms with Gasteiger partial charge in [-0.15, -0.1) is 0 Å². The first-order chi connectivity index (χ1) is 9.99. The molecule has 2 aromatic rings. The van der Waals surface area contributed by atoms with E-state index in [-0.39, 0.29) is 12.2 Å². The zero-order valence-electron chi connectivity index (χ0n) is 11.9. The van der Waals surface area contributed by atoms with Gasteiger partial charge in [0.05, 0.1) is 17.7 Å². The van der Waals surface area contributed by atoms with Crippen LogP contribution in [0.1, 0.15) is 35.3 Å². The summed E-state index contributed by atoms with van der Waals surface area (Å²) in [6.45, 7) is 3.72. The summed E-state index contributed by atoms with van der Waals surface area (Å²) in [6, 6.07) is 11.5. The van der Waals surface area contributed by atoms with Crippen molar-refractivity contribution in [1.29, 1.82) is 5.26 Å². The minimum absolute atomic E-state index is 0.135. The van der Waals surface area contributed by atoms with Gasteiger partial charge in [-0.1, -0.05) is 12.1 Å². The third kappa shape index (κ3) is 3.80. The van der Waals surface area contributed by atoms with Crippen LogP contribution in [0.15, 0.2) is 36.4 Å². The quantitative estimate of drug-likeness (QED) is 0.933. The molecule has 4 heteroatoms. The molecule has 0 amide bonds. The van der Waals surface area contributed by atoms with Gasteiger partial charge in [0.1, 0.15) is 18.2 Å². The van der Waals surface area contributed by atoms with Crippen LogP contribution >= 0.6 is 0 Å². The molecule has 2 rings (SSSR count).